The lowest BCUT2D eigenvalue weighted by Gasteiger charge is -2.14. The first kappa shape index (κ1) is 14.7. The van der Waals surface area contributed by atoms with E-state index in [9.17, 15) is 9.18 Å². The van der Waals surface area contributed by atoms with Crippen LogP contribution in [-0.2, 0) is 0 Å². The number of nitrogens with two attached hydrogens (primary N) is 1. The highest BCUT2D eigenvalue weighted by Gasteiger charge is 2.19. The van der Waals surface area contributed by atoms with Gasteiger partial charge in [0, 0.05) is 11.8 Å². The number of ether oxygens (including phenoxy) is 1. The van der Waals surface area contributed by atoms with Crippen LogP contribution in [0.4, 0.5) is 4.39 Å². The average molecular weight is 308 g/mol. The standard InChI is InChI=1S/C18H13FN2O2/c19-14-8-4-5-9-15(14)23-17-13(12-6-2-1-3-7-12)10-11-21-16(17)18(20)22/h1-11H,(H2,20,22). The van der Waals surface area contributed by atoms with E-state index in [1.807, 2.05) is 30.3 Å². The molecule has 2 aromatic carbocycles. The van der Waals surface area contributed by atoms with Crippen LogP contribution < -0.4 is 10.5 Å². The molecule has 1 heterocycles. The van der Waals surface area contributed by atoms with Crippen molar-refractivity contribution in [1.82, 2.24) is 4.98 Å². The largest absolute Gasteiger partial charge is 0.451 e. The lowest BCUT2D eigenvalue weighted by molar-refractivity contribution is 0.0993. The van der Waals surface area contributed by atoms with Crippen molar-refractivity contribution in [2.45, 2.75) is 0 Å². The molecule has 0 fully saturated rings. The van der Waals surface area contributed by atoms with Crippen LogP contribution in [0.15, 0.2) is 66.9 Å². The minimum Gasteiger partial charge on any atom is -0.451 e. The molecule has 0 atom stereocenters. The third-order valence-electron chi connectivity index (χ3n) is 3.27. The second kappa shape index (κ2) is 6.27. The molecule has 3 rings (SSSR count). The fourth-order valence-corrected chi connectivity index (χ4v) is 2.21. The molecule has 0 saturated carbocycles. The van der Waals surface area contributed by atoms with Crippen molar-refractivity contribution in [2.24, 2.45) is 5.73 Å². The molecule has 3 aromatic rings. The first-order valence-corrected chi connectivity index (χ1v) is 6.93. The van der Waals surface area contributed by atoms with Crippen LogP contribution in [0, 0.1) is 5.82 Å². The summed E-state index contributed by atoms with van der Waals surface area (Å²) in [4.78, 5) is 15.6. The van der Waals surface area contributed by atoms with Gasteiger partial charge in [-0.1, -0.05) is 42.5 Å². The first-order valence-electron chi connectivity index (χ1n) is 6.93. The topological polar surface area (TPSA) is 65.2 Å². The smallest absolute Gasteiger partial charge is 0.271 e. The predicted octanol–water partition coefficient (Wildman–Crippen LogP) is 3.78. The van der Waals surface area contributed by atoms with Crippen molar-refractivity contribution in [1.29, 1.82) is 0 Å². The molecular weight excluding hydrogens is 295 g/mol. The van der Waals surface area contributed by atoms with Gasteiger partial charge in [0.15, 0.2) is 23.0 Å². The minimum absolute atomic E-state index is 0.000168. The van der Waals surface area contributed by atoms with E-state index in [1.165, 1.54) is 18.3 Å². The van der Waals surface area contributed by atoms with Gasteiger partial charge in [0.25, 0.3) is 5.91 Å². The Kier molecular flexibility index (Phi) is 4.01. The Morgan fingerprint density at radius 1 is 1.00 bits per heavy atom. The van der Waals surface area contributed by atoms with Gasteiger partial charge < -0.3 is 10.5 Å². The third kappa shape index (κ3) is 3.03. The highest BCUT2D eigenvalue weighted by molar-refractivity contribution is 5.96. The summed E-state index contributed by atoms with van der Waals surface area (Å²) in [5.41, 5.74) is 6.75. The molecule has 5 heteroatoms. The lowest BCUT2D eigenvalue weighted by atomic mass is 10.0. The molecule has 23 heavy (non-hydrogen) atoms. The van der Waals surface area contributed by atoms with Crippen LogP contribution in [0.25, 0.3) is 11.1 Å². The number of nitrogens with zero attached hydrogens (tertiary/aromatic N) is 1. The van der Waals surface area contributed by atoms with E-state index in [1.54, 1.807) is 18.2 Å². The molecule has 4 nitrogen and oxygen atoms in total. The van der Waals surface area contributed by atoms with Gasteiger partial charge in [-0.15, -0.1) is 0 Å². The fraction of sp³-hybridized carbons (Fsp3) is 0. The number of para-hydroxylation sites is 1. The highest BCUT2D eigenvalue weighted by atomic mass is 19.1. The molecule has 0 aliphatic rings. The van der Waals surface area contributed by atoms with Crippen molar-refractivity contribution in [3.63, 3.8) is 0 Å². The fourth-order valence-electron chi connectivity index (χ4n) is 2.21. The van der Waals surface area contributed by atoms with Gasteiger partial charge in [-0.25, -0.2) is 9.37 Å². The maximum absolute atomic E-state index is 13.9. The van der Waals surface area contributed by atoms with Gasteiger partial charge >= 0.3 is 0 Å². The molecule has 0 aliphatic heterocycles. The summed E-state index contributed by atoms with van der Waals surface area (Å²) in [5.74, 6) is -1.14. The summed E-state index contributed by atoms with van der Waals surface area (Å²) in [6.07, 6.45) is 1.47. The normalized spacial score (nSPS) is 10.3. The molecule has 0 radical (unpaired) electrons. The first-order chi connectivity index (χ1) is 11.2. The van der Waals surface area contributed by atoms with E-state index in [0.717, 1.165) is 5.56 Å². The second-order valence-corrected chi connectivity index (χ2v) is 4.80. The van der Waals surface area contributed by atoms with Crippen LogP contribution in [0.5, 0.6) is 11.5 Å². The zero-order chi connectivity index (χ0) is 16.2. The van der Waals surface area contributed by atoms with E-state index >= 15 is 0 Å². The van der Waals surface area contributed by atoms with E-state index in [4.69, 9.17) is 10.5 Å². The Labute approximate surface area is 132 Å². The lowest BCUT2D eigenvalue weighted by Crippen LogP contribution is -2.15. The van der Waals surface area contributed by atoms with Crippen LogP contribution in [-0.4, -0.2) is 10.9 Å². The Morgan fingerprint density at radius 3 is 2.39 bits per heavy atom. The number of rotatable bonds is 4. The van der Waals surface area contributed by atoms with Gasteiger partial charge in [-0.3, -0.25) is 4.79 Å². The van der Waals surface area contributed by atoms with E-state index < -0.39 is 11.7 Å². The molecule has 1 aromatic heterocycles. The Balaban J connectivity index is 2.16. The van der Waals surface area contributed by atoms with Crippen LogP contribution in [0.2, 0.25) is 0 Å². The SMILES string of the molecule is NC(=O)c1nccc(-c2ccccc2)c1Oc1ccccc1F. The summed E-state index contributed by atoms with van der Waals surface area (Å²) in [7, 11) is 0. The summed E-state index contributed by atoms with van der Waals surface area (Å²) in [5, 5.41) is 0. The molecule has 0 unspecified atom stereocenters. The zero-order valence-electron chi connectivity index (χ0n) is 12.1. The average Bonchev–Trinajstić information content (AvgIpc) is 2.57. The Hall–Kier alpha value is -3.21. The molecule has 0 spiro atoms. The van der Waals surface area contributed by atoms with Crippen LogP contribution in [0.3, 0.4) is 0 Å². The number of hydrogen-bond acceptors (Lipinski definition) is 3. The number of hydrogen-bond donors (Lipinski definition) is 1. The predicted molar refractivity (Wildman–Crippen MR) is 84.7 cm³/mol. The quantitative estimate of drug-likeness (QED) is 0.797. The number of pyridine rings is 1. The maximum Gasteiger partial charge on any atom is 0.271 e. The molecule has 2 N–H and O–H groups in total. The minimum atomic E-state index is -0.742. The van der Waals surface area contributed by atoms with Crippen molar-refractivity contribution in [2.75, 3.05) is 0 Å². The zero-order valence-corrected chi connectivity index (χ0v) is 12.1. The summed E-state index contributed by atoms with van der Waals surface area (Å²) in [6, 6.07) is 16.9. The van der Waals surface area contributed by atoms with E-state index in [-0.39, 0.29) is 17.2 Å². The molecule has 0 saturated heterocycles. The van der Waals surface area contributed by atoms with E-state index in [2.05, 4.69) is 4.98 Å². The Bertz CT molecular complexity index is 851. The van der Waals surface area contributed by atoms with Gasteiger partial charge in [0.05, 0.1) is 0 Å². The van der Waals surface area contributed by atoms with Crippen LogP contribution in [0.1, 0.15) is 10.5 Å². The molecular formula is C18H13FN2O2. The summed E-state index contributed by atoms with van der Waals surface area (Å²) >= 11 is 0. The van der Waals surface area contributed by atoms with Crippen molar-refractivity contribution in [3.05, 3.63) is 78.4 Å². The monoisotopic (exact) mass is 308 g/mol. The molecule has 0 aliphatic carbocycles. The van der Waals surface area contributed by atoms with Gasteiger partial charge in [-0.05, 0) is 23.8 Å². The van der Waals surface area contributed by atoms with Crippen LogP contribution >= 0.6 is 0 Å². The van der Waals surface area contributed by atoms with E-state index in [0.29, 0.717) is 5.56 Å². The number of primary amides is 1. The van der Waals surface area contributed by atoms with Gasteiger partial charge in [0.1, 0.15) is 0 Å². The molecule has 114 valence electrons. The highest BCUT2D eigenvalue weighted by Crippen LogP contribution is 2.35. The number of benzene rings is 2. The number of carbonyl (C=O) groups is 1. The van der Waals surface area contributed by atoms with Crippen molar-refractivity contribution in [3.8, 4) is 22.6 Å². The third-order valence-corrected chi connectivity index (χ3v) is 3.27. The summed E-state index contributed by atoms with van der Waals surface area (Å²) in [6.45, 7) is 0. The number of aromatic nitrogens is 1. The molecule has 1 amide bonds. The van der Waals surface area contributed by atoms with Gasteiger partial charge in [0.2, 0.25) is 0 Å². The molecule has 0 bridgehead atoms. The van der Waals surface area contributed by atoms with Crippen molar-refractivity contribution >= 4 is 5.91 Å². The Morgan fingerprint density at radius 2 is 1.70 bits per heavy atom. The number of halogens is 1. The number of amides is 1. The van der Waals surface area contributed by atoms with Crippen molar-refractivity contribution < 1.29 is 13.9 Å². The number of carbonyl (C=O) groups excluding carboxylic acids is 1. The summed E-state index contributed by atoms with van der Waals surface area (Å²) < 4.78 is 19.5. The van der Waals surface area contributed by atoms with Gasteiger partial charge in [-0.2, -0.15) is 0 Å². The maximum atomic E-state index is 13.9. The second-order valence-electron chi connectivity index (χ2n) is 4.80.